The predicted octanol–water partition coefficient (Wildman–Crippen LogP) is 4.39. The van der Waals surface area contributed by atoms with Crippen molar-refractivity contribution in [3.05, 3.63) is 47.2 Å². The predicted molar refractivity (Wildman–Crippen MR) is 99.4 cm³/mol. The third-order valence-corrected chi connectivity index (χ3v) is 6.61. The number of allylic oxidation sites excluding steroid dienone is 1. The number of benzene rings is 1. The van der Waals surface area contributed by atoms with Crippen LogP contribution in [-0.4, -0.2) is 27.7 Å². The molecule has 2 heteroatoms. The Morgan fingerprint density at radius 3 is 2.17 bits per heavy atom. The van der Waals surface area contributed by atoms with Crippen LogP contribution in [0, 0.1) is 10.8 Å². The average Bonchev–Trinajstić information content (AvgIpc) is 2.92. The van der Waals surface area contributed by atoms with E-state index in [0.29, 0.717) is 6.04 Å². The van der Waals surface area contributed by atoms with E-state index in [4.69, 9.17) is 4.99 Å². The highest BCUT2D eigenvalue weighted by Crippen LogP contribution is 2.70. The quantitative estimate of drug-likeness (QED) is 0.647. The van der Waals surface area contributed by atoms with Gasteiger partial charge in [0.2, 0.25) is 0 Å². The largest absolute Gasteiger partial charge is 0.352 e. The Balaban J connectivity index is 1.71. The molecule has 1 aromatic rings. The van der Waals surface area contributed by atoms with Gasteiger partial charge in [-0.25, -0.2) is 0 Å². The minimum Gasteiger partial charge on any atom is -0.352 e. The minimum atomic E-state index is -0.0305. The normalized spacial score (nSPS) is 35.9. The molecule has 24 heavy (non-hydrogen) atoms. The number of rotatable bonds is 0. The van der Waals surface area contributed by atoms with Crippen molar-refractivity contribution in [3.63, 3.8) is 0 Å². The molecule has 2 nitrogen and oxygen atoms in total. The number of hydrogen-bond acceptors (Lipinski definition) is 2. The van der Waals surface area contributed by atoms with Gasteiger partial charge in [0.15, 0.2) is 0 Å². The van der Waals surface area contributed by atoms with Gasteiger partial charge in [-0.2, -0.15) is 0 Å². The summed E-state index contributed by atoms with van der Waals surface area (Å²) in [5.74, 6) is 0. The fourth-order valence-electron chi connectivity index (χ4n) is 5.52. The molecule has 1 spiro atoms. The summed E-state index contributed by atoms with van der Waals surface area (Å²) >= 11 is 0. The Morgan fingerprint density at radius 1 is 0.958 bits per heavy atom. The lowest BCUT2D eigenvalue weighted by molar-refractivity contribution is 0.314. The van der Waals surface area contributed by atoms with Crippen molar-refractivity contribution in [1.82, 2.24) is 4.90 Å². The Kier molecular flexibility index (Phi) is 2.34. The van der Waals surface area contributed by atoms with Crippen molar-refractivity contribution in [2.45, 2.75) is 71.5 Å². The van der Waals surface area contributed by atoms with Crippen LogP contribution in [-0.2, 0) is 12.8 Å². The van der Waals surface area contributed by atoms with E-state index in [9.17, 15) is 0 Å². The van der Waals surface area contributed by atoms with Crippen molar-refractivity contribution in [3.8, 4) is 0 Å². The third-order valence-electron chi connectivity index (χ3n) is 6.61. The van der Waals surface area contributed by atoms with Crippen LogP contribution in [0.4, 0.5) is 0 Å². The number of hydrogen-bond donors (Lipinski definition) is 0. The van der Waals surface area contributed by atoms with E-state index in [1.165, 1.54) is 22.5 Å². The van der Waals surface area contributed by atoms with Crippen LogP contribution in [0.15, 0.2) is 41.0 Å². The van der Waals surface area contributed by atoms with Gasteiger partial charge in [-0.3, -0.25) is 4.99 Å². The Hall–Kier alpha value is -1.57. The average molecular weight is 320 g/mol. The van der Waals surface area contributed by atoms with Crippen LogP contribution in [0.3, 0.4) is 0 Å². The Morgan fingerprint density at radius 2 is 1.58 bits per heavy atom. The lowest BCUT2D eigenvalue weighted by Crippen LogP contribution is -2.47. The van der Waals surface area contributed by atoms with Crippen molar-refractivity contribution < 1.29 is 0 Å². The first-order valence-corrected chi connectivity index (χ1v) is 9.30. The maximum atomic E-state index is 5.46. The molecule has 3 aliphatic heterocycles. The monoisotopic (exact) mass is 320 g/mol. The first-order chi connectivity index (χ1) is 11.1. The Bertz CT molecular complexity index is 775. The van der Waals surface area contributed by atoms with Crippen molar-refractivity contribution in [1.29, 1.82) is 0 Å². The van der Waals surface area contributed by atoms with Gasteiger partial charge in [0, 0.05) is 35.1 Å². The maximum Gasteiger partial charge on any atom is 0.111 e. The standard InChI is InChI=1S/C22H28N2/c1-19(2,3)16-13-21-11-14-9-7-8-10-15(14)12-22(21)18(24(16)22)17(23-21)20(4,5)6/h7-10,13,18H,11-12H2,1-6H3. The molecule has 126 valence electrons. The van der Waals surface area contributed by atoms with Crippen molar-refractivity contribution >= 4 is 5.71 Å². The number of nitrogens with zero attached hydrogens (tertiary/aromatic N) is 2. The van der Waals surface area contributed by atoms with Gasteiger partial charge in [0.05, 0.1) is 11.6 Å². The van der Waals surface area contributed by atoms with Crippen LogP contribution in [0.5, 0.6) is 0 Å². The highest BCUT2D eigenvalue weighted by molar-refractivity contribution is 6.03. The molecule has 0 radical (unpaired) electrons. The van der Waals surface area contributed by atoms with E-state index in [1.807, 2.05) is 0 Å². The topological polar surface area (TPSA) is 15.4 Å². The summed E-state index contributed by atoms with van der Waals surface area (Å²) < 4.78 is 0. The summed E-state index contributed by atoms with van der Waals surface area (Å²) in [6.07, 6.45) is 4.75. The molecule has 0 amide bonds. The summed E-state index contributed by atoms with van der Waals surface area (Å²) in [6, 6.07) is 9.54. The van der Waals surface area contributed by atoms with Crippen LogP contribution in [0.25, 0.3) is 0 Å². The van der Waals surface area contributed by atoms with Crippen LogP contribution >= 0.6 is 0 Å². The first kappa shape index (κ1) is 14.7. The van der Waals surface area contributed by atoms with E-state index in [1.54, 1.807) is 0 Å². The van der Waals surface area contributed by atoms with Crippen molar-refractivity contribution in [2.75, 3.05) is 0 Å². The SMILES string of the molecule is CC(C)(C)C1=CC23Cc4ccccc4CC24C(C(C(C)(C)C)=N3)N14. The zero-order valence-corrected chi connectivity index (χ0v) is 15.8. The van der Waals surface area contributed by atoms with Gasteiger partial charge < -0.3 is 4.90 Å². The third kappa shape index (κ3) is 1.47. The molecule has 0 bridgehead atoms. The van der Waals surface area contributed by atoms with E-state index in [0.717, 1.165) is 12.8 Å². The summed E-state index contributed by atoms with van der Waals surface area (Å²) in [6.45, 7) is 14.0. The molecule has 3 atom stereocenters. The molecule has 0 N–H and O–H groups in total. The van der Waals surface area contributed by atoms with Crippen molar-refractivity contribution in [2.24, 2.45) is 15.8 Å². The molecule has 1 fully saturated rings. The zero-order chi connectivity index (χ0) is 17.1. The Labute approximate surface area is 145 Å². The first-order valence-electron chi connectivity index (χ1n) is 9.30. The molecular formula is C22H28N2. The van der Waals surface area contributed by atoms with E-state index < -0.39 is 0 Å². The molecule has 1 saturated heterocycles. The highest BCUT2D eigenvalue weighted by atomic mass is 15.5. The summed E-state index contributed by atoms with van der Waals surface area (Å²) in [5.41, 5.74) is 6.47. The number of aliphatic imine (C=N–C) groups is 1. The molecule has 3 heterocycles. The molecule has 0 aromatic heterocycles. The van der Waals surface area contributed by atoms with Gasteiger partial charge in [-0.05, 0) is 17.2 Å². The molecule has 1 aromatic carbocycles. The zero-order valence-electron chi connectivity index (χ0n) is 15.8. The molecule has 4 aliphatic rings. The number of fused-ring (bicyclic) bond motifs is 2. The molecule has 3 unspecified atom stereocenters. The fourth-order valence-corrected chi connectivity index (χ4v) is 5.52. The van der Waals surface area contributed by atoms with Crippen LogP contribution in [0.2, 0.25) is 0 Å². The van der Waals surface area contributed by atoms with Gasteiger partial charge >= 0.3 is 0 Å². The van der Waals surface area contributed by atoms with Crippen LogP contribution < -0.4 is 0 Å². The van der Waals surface area contributed by atoms with Gasteiger partial charge in [-0.15, -0.1) is 0 Å². The second-order valence-electron chi connectivity index (χ2n) is 10.3. The van der Waals surface area contributed by atoms with Gasteiger partial charge in [-0.1, -0.05) is 65.8 Å². The van der Waals surface area contributed by atoms with Gasteiger partial charge in [0.1, 0.15) is 5.54 Å². The molecular weight excluding hydrogens is 292 g/mol. The van der Waals surface area contributed by atoms with E-state index >= 15 is 0 Å². The molecule has 5 rings (SSSR count). The lowest BCUT2D eigenvalue weighted by atomic mass is 9.69. The highest BCUT2D eigenvalue weighted by Gasteiger charge is 2.83. The minimum absolute atomic E-state index is 0.0305. The van der Waals surface area contributed by atoms with E-state index in [-0.39, 0.29) is 21.9 Å². The maximum absolute atomic E-state index is 5.46. The fraction of sp³-hybridized carbons (Fsp3) is 0.591. The second kappa shape index (κ2) is 3.81. The summed E-state index contributed by atoms with van der Waals surface area (Å²) in [7, 11) is 0. The van der Waals surface area contributed by atoms with Crippen LogP contribution in [0.1, 0.15) is 52.7 Å². The molecule has 1 aliphatic carbocycles. The summed E-state index contributed by atoms with van der Waals surface area (Å²) in [5, 5.41) is 0. The molecule has 0 saturated carbocycles. The summed E-state index contributed by atoms with van der Waals surface area (Å²) in [4.78, 5) is 8.20. The second-order valence-corrected chi connectivity index (χ2v) is 10.3. The van der Waals surface area contributed by atoms with E-state index in [2.05, 4.69) is 76.8 Å². The lowest BCUT2D eigenvalue weighted by Gasteiger charge is -2.36. The smallest absolute Gasteiger partial charge is 0.111 e. The van der Waals surface area contributed by atoms with Gasteiger partial charge in [0.25, 0.3) is 0 Å².